The Bertz CT molecular complexity index is 595. The summed E-state index contributed by atoms with van der Waals surface area (Å²) in [6.07, 6.45) is 2.64. The zero-order chi connectivity index (χ0) is 14.1. The number of hydrogen-bond donors (Lipinski definition) is 1. The van der Waals surface area contributed by atoms with Crippen LogP contribution in [-0.2, 0) is 13.6 Å². The molecule has 5 heteroatoms. The first kappa shape index (κ1) is 13.6. The molecule has 2 heterocycles. The average molecular weight is 335 g/mol. The standard InChI is InChI=1S/C15H19BrN4/c1-19-15(17)9-14(18-19)11-4-5-12(13(16)8-11)10-20-6-2-3-7-20/h4-5,8-9H,2-3,6-7,10,17H2,1H3. The number of aromatic nitrogens is 2. The molecule has 0 saturated carbocycles. The van der Waals surface area contributed by atoms with Crippen molar-refractivity contribution in [3.8, 4) is 11.3 Å². The monoisotopic (exact) mass is 334 g/mol. The topological polar surface area (TPSA) is 47.1 Å². The molecular formula is C15H19BrN4. The maximum Gasteiger partial charge on any atom is 0.121 e. The van der Waals surface area contributed by atoms with Crippen LogP contribution in [0.4, 0.5) is 5.82 Å². The maximum atomic E-state index is 5.84. The van der Waals surface area contributed by atoms with E-state index < -0.39 is 0 Å². The average Bonchev–Trinajstić information content (AvgIpc) is 3.03. The number of nitrogens with two attached hydrogens (primary N) is 1. The van der Waals surface area contributed by atoms with Gasteiger partial charge in [-0.1, -0.05) is 28.1 Å². The normalized spacial score (nSPS) is 15.9. The van der Waals surface area contributed by atoms with Crippen molar-refractivity contribution in [2.24, 2.45) is 7.05 Å². The first-order valence-corrected chi connectivity index (χ1v) is 7.73. The zero-order valence-electron chi connectivity index (χ0n) is 11.6. The van der Waals surface area contributed by atoms with Crippen LogP contribution in [0.15, 0.2) is 28.7 Å². The van der Waals surface area contributed by atoms with Gasteiger partial charge in [-0.25, -0.2) is 0 Å². The van der Waals surface area contributed by atoms with Gasteiger partial charge in [0.2, 0.25) is 0 Å². The molecule has 0 radical (unpaired) electrons. The number of anilines is 1. The van der Waals surface area contributed by atoms with Crippen LogP contribution in [0.25, 0.3) is 11.3 Å². The lowest BCUT2D eigenvalue weighted by atomic mass is 10.1. The van der Waals surface area contributed by atoms with Crippen molar-refractivity contribution in [3.05, 3.63) is 34.3 Å². The van der Waals surface area contributed by atoms with Crippen molar-refractivity contribution >= 4 is 21.7 Å². The summed E-state index contributed by atoms with van der Waals surface area (Å²) < 4.78 is 2.84. The summed E-state index contributed by atoms with van der Waals surface area (Å²) in [6, 6.07) is 8.34. The number of benzene rings is 1. The second-order valence-corrected chi connectivity index (χ2v) is 6.22. The molecule has 0 amide bonds. The van der Waals surface area contributed by atoms with Crippen molar-refractivity contribution in [2.45, 2.75) is 19.4 Å². The Balaban J connectivity index is 1.83. The molecule has 3 rings (SSSR count). The van der Waals surface area contributed by atoms with E-state index in [4.69, 9.17) is 5.73 Å². The first-order valence-electron chi connectivity index (χ1n) is 6.94. The first-order chi connectivity index (χ1) is 9.63. The van der Waals surface area contributed by atoms with Gasteiger partial charge in [-0.2, -0.15) is 5.10 Å². The Morgan fingerprint density at radius 3 is 2.60 bits per heavy atom. The predicted octanol–water partition coefficient (Wildman–Crippen LogP) is 3.03. The Morgan fingerprint density at radius 1 is 1.25 bits per heavy atom. The molecule has 4 nitrogen and oxygen atoms in total. The van der Waals surface area contributed by atoms with Crippen molar-refractivity contribution in [2.75, 3.05) is 18.8 Å². The summed E-state index contributed by atoms with van der Waals surface area (Å²) in [5.41, 5.74) is 9.18. The predicted molar refractivity (Wildman–Crippen MR) is 85.3 cm³/mol. The van der Waals surface area contributed by atoms with Crippen LogP contribution in [0.5, 0.6) is 0 Å². The molecular weight excluding hydrogens is 316 g/mol. The van der Waals surface area contributed by atoms with E-state index in [2.05, 4.69) is 44.1 Å². The lowest BCUT2D eigenvalue weighted by Gasteiger charge is -2.16. The quantitative estimate of drug-likeness (QED) is 0.938. The number of hydrogen-bond acceptors (Lipinski definition) is 3. The van der Waals surface area contributed by atoms with Gasteiger partial charge in [0, 0.05) is 29.7 Å². The highest BCUT2D eigenvalue weighted by Crippen LogP contribution is 2.27. The van der Waals surface area contributed by atoms with Gasteiger partial charge in [0.15, 0.2) is 0 Å². The molecule has 1 aliphatic rings. The lowest BCUT2D eigenvalue weighted by molar-refractivity contribution is 0.331. The molecule has 1 fully saturated rings. The molecule has 2 N–H and O–H groups in total. The maximum absolute atomic E-state index is 5.84. The van der Waals surface area contributed by atoms with E-state index in [1.807, 2.05) is 13.1 Å². The number of rotatable bonds is 3. The van der Waals surface area contributed by atoms with Crippen molar-refractivity contribution in [1.82, 2.24) is 14.7 Å². The van der Waals surface area contributed by atoms with E-state index in [1.165, 1.54) is 31.5 Å². The molecule has 2 aromatic rings. The van der Waals surface area contributed by atoms with Crippen LogP contribution in [-0.4, -0.2) is 27.8 Å². The molecule has 0 unspecified atom stereocenters. The molecule has 106 valence electrons. The van der Waals surface area contributed by atoms with E-state index in [1.54, 1.807) is 4.68 Å². The summed E-state index contributed by atoms with van der Waals surface area (Å²) in [5.74, 6) is 0.678. The van der Waals surface area contributed by atoms with Crippen LogP contribution in [0.2, 0.25) is 0 Å². The van der Waals surface area contributed by atoms with E-state index in [9.17, 15) is 0 Å². The van der Waals surface area contributed by atoms with Crippen molar-refractivity contribution in [3.63, 3.8) is 0 Å². The third kappa shape index (κ3) is 2.74. The van der Waals surface area contributed by atoms with Crippen LogP contribution in [0, 0.1) is 0 Å². The highest BCUT2D eigenvalue weighted by Gasteiger charge is 2.14. The molecule has 20 heavy (non-hydrogen) atoms. The number of nitrogen functional groups attached to an aromatic ring is 1. The fourth-order valence-corrected chi connectivity index (χ4v) is 3.14. The van der Waals surface area contributed by atoms with Gasteiger partial charge in [-0.05, 0) is 37.6 Å². The van der Waals surface area contributed by atoms with Crippen LogP contribution in [0.3, 0.4) is 0 Å². The minimum Gasteiger partial charge on any atom is -0.384 e. The van der Waals surface area contributed by atoms with E-state index in [0.717, 1.165) is 22.3 Å². The zero-order valence-corrected chi connectivity index (χ0v) is 13.2. The van der Waals surface area contributed by atoms with Crippen molar-refractivity contribution in [1.29, 1.82) is 0 Å². The summed E-state index contributed by atoms with van der Waals surface area (Å²) in [7, 11) is 1.86. The summed E-state index contributed by atoms with van der Waals surface area (Å²) in [5, 5.41) is 4.41. The summed E-state index contributed by atoms with van der Waals surface area (Å²) >= 11 is 3.68. The van der Waals surface area contributed by atoms with E-state index in [0.29, 0.717) is 5.82 Å². The van der Waals surface area contributed by atoms with Gasteiger partial charge in [-0.3, -0.25) is 9.58 Å². The summed E-state index contributed by atoms with van der Waals surface area (Å²) in [6.45, 7) is 3.45. The van der Waals surface area contributed by atoms with Crippen LogP contribution >= 0.6 is 15.9 Å². The third-order valence-corrected chi connectivity index (χ3v) is 4.60. The highest BCUT2D eigenvalue weighted by atomic mass is 79.9. The molecule has 0 bridgehead atoms. The minimum absolute atomic E-state index is 0.678. The molecule has 1 aromatic carbocycles. The Morgan fingerprint density at radius 2 is 2.00 bits per heavy atom. The lowest BCUT2D eigenvalue weighted by Crippen LogP contribution is -2.18. The number of likely N-dealkylation sites (tertiary alicyclic amines) is 1. The second-order valence-electron chi connectivity index (χ2n) is 5.37. The second kappa shape index (κ2) is 5.58. The SMILES string of the molecule is Cn1nc(-c2ccc(CN3CCCC3)c(Br)c2)cc1N. The molecule has 1 aliphatic heterocycles. The van der Waals surface area contributed by atoms with Gasteiger partial charge in [-0.15, -0.1) is 0 Å². The van der Waals surface area contributed by atoms with Gasteiger partial charge >= 0.3 is 0 Å². The molecule has 0 aliphatic carbocycles. The molecule has 0 atom stereocenters. The smallest absolute Gasteiger partial charge is 0.121 e. The fourth-order valence-electron chi connectivity index (χ4n) is 2.64. The van der Waals surface area contributed by atoms with Gasteiger partial charge < -0.3 is 5.73 Å². The van der Waals surface area contributed by atoms with Gasteiger partial charge in [0.1, 0.15) is 5.82 Å². The third-order valence-electron chi connectivity index (χ3n) is 3.86. The summed E-state index contributed by atoms with van der Waals surface area (Å²) in [4.78, 5) is 2.50. The van der Waals surface area contributed by atoms with Gasteiger partial charge in [0.05, 0.1) is 5.69 Å². The van der Waals surface area contributed by atoms with Crippen LogP contribution < -0.4 is 5.73 Å². The number of aryl methyl sites for hydroxylation is 1. The van der Waals surface area contributed by atoms with E-state index in [-0.39, 0.29) is 0 Å². The molecule has 1 saturated heterocycles. The minimum atomic E-state index is 0.678. The Kier molecular flexibility index (Phi) is 3.81. The Labute approximate surface area is 127 Å². The van der Waals surface area contributed by atoms with Crippen molar-refractivity contribution < 1.29 is 0 Å². The number of halogens is 1. The van der Waals surface area contributed by atoms with Crippen LogP contribution in [0.1, 0.15) is 18.4 Å². The highest BCUT2D eigenvalue weighted by molar-refractivity contribution is 9.10. The molecule has 0 spiro atoms. The fraction of sp³-hybridized carbons (Fsp3) is 0.400. The molecule has 1 aromatic heterocycles. The van der Waals surface area contributed by atoms with E-state index >= 15 is 0 Å². The Hall–Kier alpha value is -1.33. The van der Waals surface area contributed by atoms with Gasteiger partial charge in [0.25, 0.3) is 0 Å². The largest absolute Gasteiger partial charge is 0.384 e. The number of nitrogens with zero attached hydrogens (tertiary/aromatic N) is 3.